The molecule has 31 heavy (non-hydrogen) atoms. The van der Waals surface area contributed by atoms with E-state index in [4.69, 9.17) is 4.74 Å². The molecule has 2 saturated heterocycles. The fraction of sp³-hybridized carbons (Fsp3) is 0.500. The highest BCUT2D eigenvalue weighted by atomic mass is 32.2. The zero-order valence-electron chi connectivity index (χ0n) is 18.0. The monoisotopic (exact) mass is 463 g/mol. The summed E-state index contributed by atoms with van der Waals surface area (Å²) in [6.07, 6.45) is 1.36. The molecule has 7 nitrogen and oxygen atoms in total. The van der Waals surface area contributed by atoms with Gasteiger partial charge in [0.15, 0.2) is 0 Å². The van der Waals surface area contributed by atoms with Crippen LogP contribution in [0.25, 0.3) is 0 Å². The fourth-order valence-corrected chi connectivity index (χ4v) is 7.06. The second-order valence-corrected chi connectivity index (χ2v) is 11.6. The van der Waals surface area contributed by atoms with Gasteiger partial charge in [-0.3, -0.25) is 4.79 Å². The Bertz CT molecular complexity index is 1040. The van der Waals surface area contributed by atoms with Crippen molar-refractivity contribution in [2.75, 3.05) is 49.6 Å². The van der Waals surface area contributed by atoms with E-state index in [-0.39, 0.29) is 18.4 Å². The number of hydrogen-bond acceptors (Lipinski definition) is 6. The lowest BCUT2D eigenvalue weighted by molar-refractivity contribution is -0.120. The van der Waals surface area contributed by atoms with Crippen LogP contribution >= 0.6 is 11.3 Å². The van der Waals surface area contributed by atoms with Crippen LogP contribution in [0.1, 0.15) is 23.3 Å². The van der Waals surface area contributed by atoms with Gasteiger partial charge in [-0.15, -0.1) is 11.3 Å². The minimum Gasteiger partial charge on any atom is -0.378 e. The van der Waals surface area contributed by atoms with E-state index in [1.54, 1.807) is 6.07 Å². The Morgan fingerprint density at radius 3 is 2.58 bits per heavy atom. The molecule has 1 amide bonds. The van der Waals surface area contributed by atoms with Gasteiger partial charge in [0.25, 0.3) is 10.0 Å². The molecule has 2 aliphatic heterocycles. The second kappa shape index (κ2) is 9.28. The van der Waals surface area contributed by atoms with E-state index in [1.807, 2.05) is 32.0 Å². The van der Waals surface area contributed by atoms with Gasteiger partial charge >= 0.3 is 0 Å². The van der Waals surface area contributed by atoms with Crippen LogP contribution in [-0.4, -0.2) is 58.0 Å². The maximum absolute atomic E-state index is 13.0. The zero-order valence-corrected chi connectivity index (χ0v) is 19.6. The van der Waals surface area contributed by atoms with Crippen molar-refractivity contribution in [2.24, 2.45) is 5.92 Å². The van der Waals surface area contributed by atoms with Gasteiger partial charge in [0.2, 0.25) is 5.91 Å². The van der Waals surface area contributed by atoms with E-state index in [0.29, 0.717) is 23.6 Å². The van der Waals surface area contributed by atoms with Crippen molar-refractivity contribution in [1.29, 1.82) is 0 Å². The van der Waals surface area contributed by atoms with Gasteiger partial charge in [-0.05, 0) is 62.6 Å². The molecule has 0 aliphatic carbocycles. The molecule has 0 saturated carbocycles. The van der Waals surface area contributed by atoms with E-state index in [2.05, 4.69) is 16.3 Å². The number of nitrogens with one attached hydrogen (secondary N) is 1. The summed E-state index contributed by atoms with van der Waals surface area (Å²) in [5.74, 6) is -0.479. The molecule has 4 rings (SSSR count). The number of amides is 1. The molecule has 9 heteroatoms. The van der Waals surface area contributed by atoms with Crippen LogP contribution in [0.4, 0.5) is 11.4 Å². The maximum atomic E-state index is 13.0. The van der Waals surface area contributed by atoms with Crippen LogP contribution in [0.3, 0.4) is 0 Å². The normalized spacial score (nSPS) is 20.6. The number of benzene rings is 1. The van der Waals surface area contributed by atoms with Crippen molar-refractivity contribution in [2.45, 2.75) is 30.9 Å². The number of sulfonamides is 1. The molecule has 0 bridgehead atoms. The predicted octanol–water partition coefficient (Wildman–Crippen LogP) is 3.24. The van der Waals surface area contributed by atoms with Crippen LogP contribution < -0.4 is 10.2 Å². The third kappa shape index (κ3) is 4.95. The molecule has 0 spiro atoms. The van der Waals surface area contributed by atoms with E-state index in [9.17, 15) is 13.2 Å². The summed E-state index contributed by atoms with van der Waals surface area (Å²) in [5.41, 5.74) is 2.89. The summed E-state index contributed by atoms with van der Waals surface area (Å²) in [6.45, 7) is 7.72. The molecule has 1 N–H and O–H groups in total. The van der Waals surface area contributed by atoms with E-state index in [0.717, 1.165) is 48.1 Å². The molecule has 2 aliphatic rings. The van der Waals surface area contributed by atoms with Gasteiger partial charge in [0, 0.05) is 42.4 Å². The highest BCUT2D eigenvalue weighted by molar-refractivity contribution is 7.91. The Morgan fingerprint density at radius 2 is 1.90 bits per heavy atom. The van der Waals surface area contributed by atoms with Crippen LogP contribution in [0.2, 0.25) is 0 Å². The SMILES string of the molecule is Cc1ccc(S(=O)(=O)N2CCCC(C(=O)Nc3ccc(N4CCOCC4)cc3C)C2)s1. The van der Waals surface area contributed by atoms with Gasteiger partial charge in [0.05, 0.1) is 19.1 Å². The lowest BCUT2D eigenvalue weighted by Gasteiger charge is -2.31. The third-order valence-corrected chi connectivity index (χ3v) is 9.24. The number of rotatable bonds is 5. The molecule has 1 atom stereocenters. The van der Waals surface area contributed by atoms with Crippen molar-refractivity contribution in [3.05, 3.63) is 40.8 Å². The first-order valence-electron chi connectivity index (χ1n) is 10.7. The Balaban J connectivity index is 1.42. The molecular weight excluding hydrogens is 434 g/mol. The Kier molecular flexibility index (Phi) is 6.66. The summed E-state index contributed by atoms with van der Waals surface area (Å²) < 4.78 is 33.1. The van der Waals surface area contributed by atoms with Crippen LogP contribution in [0.15, 0.2) is 34.5 Å². The lowest BCUT2D eigenvalue weighted by atomic mass is 9.98. The summed E-state index contributed by atoms with van der Waals surface area (Å²) in [5, 5.41) is 3.02. The minimum absolute atomic E-state index is 0.121. The van der Waals surface area contributed by atoms with E-state index in [1.165, 1.54) is 15.6 Å². The Morgan fingerprint density at radius 1 is 1.13 bits per heavy atom. The quantitative estimate of drug-likeness (QED) is 0.737. The predicted molar refractivity (Wildman–Crippen MR) is 123 cm³/mol. The number of ether oxygens (including phenoxy) is 1. The van der Waals surface area contributed by atoms with E-state index < -0.39 is 10.0 Å². The number of carbonyl (C=O) groups excluding carboxylic acids is 1. The van der Waals surface area contributed by atoms with Crippen molar-refractivity contribution >= 4 is 38.6 Å². The van der Waals surface area contributed by atoms with Crippen molar-refractivity contribution in [3.63, 3.8) is 0 Å². The highest BCUT2D eigenvalue weighted by Gasteiger charge is 2.34. The minimum atomic E-state index is -3.55. The first-order valence-corrected chi connectivity index (χ1v) is 12.9. The summed E-state index contributed by atoms with van der Waals surface area (Å²) >= 11 is 1.27. The molecule has 2 aromatic rings. The average molecular weight is 464 g/mol. The fourth-order valence-electron chi connectivity index (χ4n) is 4.09. The number of hydrogen-bond donors (Lipinski definition) is 1. The number of morpholine rings is 1. The van der Waals surface area contributed by atoms with Gasteiger partial charge in [-0.1, -0.05) is 0 Å². The smallest absolute Gasteiger partial charge is 0.252 e. The number of thiophene rings is 1. The molecule has 1 unspecified atom stereocenters. The summed E-state index contributed by atoms with van der Waals surface area (Å²) in [4.78, 5) is 16.2. The third-order valence-electron chi connectivity index (χ3n) is 5.91. The largest absolute Gasteiger partial charge is 0.378 e. The van der Waals surface area contributed by atoms with Gasteiger partial charge in [-0.25, -0.2) is 8.42 Å². The number of anilines is 2. The standard InChI is InChI=1S/C22H29N3O4S2/c1-16-14-19(24-10-12-29-13-11-24)6-7-20(16)23-22(26)18-4-3-9-25(15-18)31(27,28)21-8-5-17(2)30-21/h5-8,14,18H,3-4,9-13,15H2,1-2H3,(H,23,26). The Labute approximate surface area is 188 Å². The molecule has 1 aromatic heterocycles. The topological polar surface area (TPSA) is 79.0 Å². The van der Waals surface area contributed by atoms with Crippen LogP contribution in [0.5, 0.6) is 0 Å². The molecular formula is C22H29N3O4S2. The summed E-state index contributed by atoms with van der Waals surface area (Å²) in [6, 6.07) is 9.50. The lowest BCUT2D eigenvalue weighted by Crippen LogP contribution is -2.43. The molecule has 3 heterocycles. The van der Waals surface area contributed by atoms with Crippen LogP contribution in [0, 0.1) is 19.8 Å². The van der Waals surface area contributed by atoms with Crippen molar-refractivity contribution < 1.29 is 17.9 Å². The number of aryl methyl sites for hydroxylation is 2. The molecule has 2 fully saturated rings. The molecule has 1 aromatic carbocycles. The van der Waals surface area contributed by atoms with Crippen LogP contribution in [-0.2, 0) is 19.6 Å². The molecule has 0 radical (unpaired) electrons. The molecule has 168 valence electrons. The zero-order chi connectivity index (χ0) is 22.0. The Hall–Kier alpha value is -1.94. The van der Waals surface area contributed by atoms with Crippen molar-refractivity contribution in [1.82, 2.24) is 4.31 Å². The highest BCUT2D eigenvalue weighted by Crippen LogP contribution is 2.29. The number of piperidine rings is 1. The number of carbonyl (C=O) groups is 1. The maximum Gasteiger partial charge on any atom is 0.252 e. The second-order valence-electron chi connectivity index (χ2n) is 8.16. The van der Waals surface area contributed by atoms with Gasteiger partial charge in [-0.2, -0.15) is 4.31 Å². The van der Waals surface area contributed by atoms with E-state index >= 15 is 0 Å². The first-order chi connectivity index (χ1) is 14.8. The first kappa shape index (κ1) is 22.3. The van der Waals surface area contributed by atoms with Gasteiger partial charge < -0.3 is 15.0 Å². The van der Waals surface area contributed by atoms with Gasteiger partial charge in [0.1, 0.15) is 4.21 Å². The summed E-state index contributed by atoms with van der Waals surface area (Å²) in [7, 11) is -3.55. The average Bonchev–Trinajstić information content (AvgIpc) is 3.23. The van der Waals surface area contributed by atoms with Crippen molar-refractivity contribution in [3.8, 4) is 0 Å². The number of nitrogens with zero attached hydrogens (tertiary/aromatic N) is 2.